The topological polar surface area (TPSA) is 150 Å². The normalized spacial score (nSPS) is 13.5. The fourth-order valence-corrected chi connectivity index (χ4v) is 7.22. The molecule has 3 amide bonds. The van der Waals surface area contributed by atoms with Gasteiger partial charge in [0.15, 0.2) is 17.9 Å². The van der Waals surface area contributed by atoms with Crippen LogP contribution in [-0.2, 0) is 17.9 Å². The lowest BCUT2D eigenvalue weighted by molar-refractivity contribution is -0.670. The summed E-state index contributed by atoms with van der Waals surface area (Å²) in [6.07, 6.45) is 7.87. The first-order valence-electron chi connectivity index (χ1n) is 16.7. The van der Waals surface area contributed by atoms with Crippen molar-refractivity contribution in [2.75, 3.05) is 37.0 Å². The molecule has 3 heterocycles. The molecule has 6 rings (SSSR count). The minimum absolute atomic E-state index is 0.0513. The van der Waals surface area contributed by atoms with Crippen LogP contribution in [0, 0.1) is 6.92 Å². The zero-order chi connectivity index (χ0) is 36.3. The van der Waals surface area contributed by atoms with Gasteiger partial charge in [0.2, 0.25) is 11.4 Å². The summed E-state index contributed by atoms with van der Waals surface area (Å²) in [5.41, 5.74) is 4.78. The molecule has 0 radical (unpaired) electrons. The third-order valence-corrected chi connectivity index (χ3v) is 10.2. The number of amides is 3. The van der Waals surface area contributed by atoms with Crippen LogP contribution in [0.3, 0.4) is 0 Å². The molecule has 0 atom stereocenters. The fourth-order valence-electron chi connectivity index (χ4n) is 5.45. The first kappa shape index (κ1) is 36.1. The number of hydrogen-bond donors (Lipinski definition) is 4. The van der Waals surface area contributed by atoms with Gasteiger partial charge in [0.25, 0.3) is 0 Å². The lowest BCUT2D eigenvalue weighted by Crippen LogP contribution is -2.38. The molecule has 3 aromatic carbocycles. The highest BCUT2D eigenvalue weighted by Crippen LogP contribution is 2.45. The van der Waals surface area contributed by atoms with Gasteiger partial charge in [-0.05, 0) is 54.5 Å². The fraction of sp³-hybridized carbons (Fsp3) is 0.211. The second-order valence-corrected chi connectivity index (χ2v) is 14.2. The monoisotopic (exact) mass is 734 g/mol. The average Bonchev–Trinajstić information content (AvgIpc) is 3.72. The Labute approximate surface area is 310 Å². The number of anilines is 2. The van der Waals surface area contributed by atoms with Crippen molar-refractivity contribution in [2.45, 2.75) is 31.3 Å². The maximum atomic E-state index is 12.7. The molecule has 14 heteroatoms. The molecule has 266 valence electrons. The minimum Gasteiger partial charge on any atom is -0.487 e. The van der Waals surface area contributed by atoms with E-state index < -0.39 is 0 Å². The molecule has 1 aliphatic rings. The number of benzene rings is 3. The number of pyridine rings is 1. The van der Waals surface area contributed by atoms with E-state index in [9.17, 15) is 9.59 Å². The van der Waals surface area contributed by atoms with Crippen molar-refractivity contribution in [3.63, 3.8) is 0 Å². The van der Waals surface area contributed by atoms with Crippen molar-refractivity contribution in [3.8, 4) is 5.75 Å². The second-order valence-electron chi connectivity index (χ2n) is 11.9. The van der Waals surface area contributed by atoms with Gasteiger partial charge in [-0.25, -0.2) is 9.78 Å². The van der Waals surface area contributed by atoms with Crippen molar-refractivity contribution in [1.82, 2.24) is 15.6 Å². The highest BCUT2D eigenvalue weighted by molar-refractivity contribution is 8.03. The summed E-state index contributed by atoms with van der Waals surface area (Å²) in [7, 11) is 2.10. The molecular formula is C38H40N9O3S2+. The molecule has 5 N–H and O–H groups in total. The number of carbonyl (C=O) groups is 2. The Hall–Kier alpha value is -5.73. The van der Waals surface area contributed by atoms with Crippen LogP contribution >= 0.6 is 23.1 Å². The number of aromatic nitrogens is 2. The molecule has 0 bridgehead atoms. The van der Waals surface area contributed by atoms with Crippen molar-refractivity contribution in [2.24, 2.45) is 15.9 Å². The maximum Gasteiger partial charge on any atom is 0.321 e. The predicted octanol–water partition coefficient (Wildman–Crippen LogP) is 5.73. The quantitative estimate of drug-likeness (QED) is 0.0375. The van der Waals surface area contributed by atoms with E-state index in [0.29, 0.717) is 49.2 Å². The van der Waals surface area contributed by atoms with Crippen LogP contribution in [0.1, 0.15) is 22.4 Å². The van der Waals surface area contributed by atoms with Gasteiger partial charge in [-0.1, -0.05) is 48.2 Å². The van der Waals surface area contributed by atoms with Crippen molar-refractivity contribution in [1.29, 1.82) is 0 Å². The molecular weight excluding hydrogens is 695 g/mol. The number of aryl methyl sites for hydroxylation is 2. The highest BCUT2D eigenvalue weighted by Gasteiger charge is 2.22. The van der Waals surface area contributed by atoms with E-state index in [1.54, 1.807) is 36.3 Å². The SMILES string of the molecule is Cc1cnc(NC(=O)NCc2ccc(OCC(C=NCCNC(=O)CC[n+]3ccc(/C=C4\Sc5ccccc5N4C)c4ccccc43)=NN)cc2)s1. The summed E-state index contributed by atoms with van der Waals surface area (Å²) in [5, 5.41) is 15.1. The van der Waals surface area contributed by atoms with E-state index in [0.717, 1.165) is 26.9 Å². The van der Waals surface area contributed by atoms with Gasteiger partial charge < -0.3 is 26.1 Å². The number of carbonyl (C=O) groups excluding carboxylic acids is 2. The van der Waals surface area contributed by atoms with Crippen LogP contribution < -0.4 is 36.0 Å². The smallest absolute Gasteiger partial charge is 0.321 e. The lowest BCUT2D eigenvalue weighted by atomic mass is 10.1. The number of hydrogen-bond acceptors (Lipinski definition) is 10. The van der Waals surface area contributed by atoms with Crippen LogP contribution in [0.2, 0.25) is 0 Å². The number of fused-ring (bicyclic) bond motifs is 2. The zero-order valence-electron chi connectivity index (χ0n) is 28.9. The number of nitrogens with one attached hydrogen (secondary N) is 3. The molecule has 0 saturated carbocycles. The van der Waals surface area contributed by atoms with E-state index >= 15 is 0 Å². The predicted molar refractivity (Wildman–Crippen MR) is 210 cm³/mol. The summed E-state index contributed by atoms with van der Waals surface area (Å²) < 4.78 is 7.91. The minimum atomic E-state index is -0.320. The van der Waals surface area contributed by atoms with Gasteiger partial charge in [-0.15, -0.1) is 11.3 Å². The van der Waals surface area contributed by atoms with E-state index in [1.165, 1.54) is 26.9 Å². The van der Waals surface area contributed by atoms with E-state index in [-0.39, 0.29) is 18.5 Å². The molecule has 0 fully saturated rings. The molecule has 2 aromatic heterocycles. The third kappa shape index (κ3) is 9.53. The Bertz CT molecular complexity index is 2130. The molecule has 0 unspecified atom stereocenters. The molecule has 0 saturated heterocycles. The molecule has 0 aliphatic carbocycles. The summed E-state index contributed by atoms with van der Waals surface area (Å²) in [4.78, 5) is 37.8. The number of ether oxygens (including phenoxy) is 1. The average molecular weight is 735 g/mol. The number of nitrogens with zero attached hydrogens (tertiary/aromatic N) is 5. The van der Waals surface area contributed by atoms with E-state index in [1.807, 2.05) is 37.4 Å². The lowest BCUT2D eigenvalue weighted by Gasteiger charge is -2.13. The summed E-state index contributed by atoms with van der Waals surface area (Å²) in [5.74, 6) is 6.12. The van der Waals surface area contributed by atoms with Gasteiger partial charge in [0.05, 0.1) is 29.1 Å². The Morgan fingerprint density at radius 1 is 1.04 bits per heavy atom. The first-order chi connectivity index (χ1) is 25.4. The number of nitrogens with two attached hydrogens (primary N) is 1. The number of para-hydroxylation sites is 2. The standard InChI is InChI=1S/C38H39N9O3S2/c1-26-22-43-38(51-26)44-37(49)42-23-27-11-13-30(14-12-27)50-25-29(45-39)24-40-17-18-41-35(48)16-20-47-19-15-28(31-7-3-4-8-32(31)47)21-36-46(2)33-9-5-6-10-34(33)52-36/h3-15,19,21-22,24H,16-18,20,23,25H2,1-2H3,(H4-,39,40,41,42,43,44,48,49)/p+1. The number of thiazole rings is 1. The number of urea groups is 1. The van der Waals surface area contributed by atoms with Crippen molar-refractivity contribution in [3.05, 3.63) is 112 Å². The molecule has 0 spiro atoms. The van der Waals surface area contributed by atoms with Crippen LogP contribution in [0.5, 0.6) is 5.75 Å². The summed E-state index contributed by atoms with van der Waals surface area (Å²) in [6.45, 7) is 3.72. The number of hydrazone groups is 1. The van der Waals surface area contributed by atoms with Crippen LogP contribution in [0.15, 0.2) is 111 Å². The van der Waals surface area contributed by atoms with Gasteiger partial charge in [-0.3, -0.25) is 15.1 Å². The first-order valence-corrected chi connectivity index (χ1v) is 18.4. The largest absolute Gasteiger partial charge is 0.487 e. The van der Waals surface area contributed by atoms with Gasteiger partial charge in [-0.2, -0.15) is 9.67 Å². The maximum absolute atomic E-state index is 12.7. The number of aliphatic imine (C=N–C) groups is 1. The number of rotatable bonds is 14. The molecule has 52 heavy (non-hydrogen) atoms. The summed E-state index contributed by atoms with van der Waals surface area (Å²) in [6, 6.07) is 25.8. The van der Waals surface area contributed by atoms with E-state index in [4.69, 9.17) is 10.6 Å². The van der Waals surface area contributed by atoms with Crippen LogP contribution in [-0.4, -0.2) is 55.6 Å². The van der Waals surface area contributed by atoms with E-state index in [2.05, 4.69) is 96.1 Å². The van der Waals surface area contributed by atoms with Crippen LogP contribution in [0.4, 0.5) is 15.6 Å². The van der Waals surface area contributed by atoms with Crippen molar-refractivity contribution < 1.29 is 18.9 Å². The Morgan fingerprint density at radius 2 is 1.85 bits per heavy atom. The summed E-state index contributed by atoms with van der Waals surface area (Å²) >= 11 is 3.18. The molecule has 1 aliphatic heterocycles. The van der Waals surface area contributed by atoms with Crippen molar-refractivity contribution >= 4 is 74.8 Å². The zero-order valence-corrected chi connectivity index (χ0v) is 30.5. The van der Waals surface area contributed by atoms with Crippen LogP contribution in [0.25, 0.3) is 17.0 Å². The highest BCUT2D eigenvalue weighted by atomic mass is 32.2. The third-order valence-electron chi connectivity index (χ3n) is 8.16. The number of thioether (sulfide) groups is 1. The Morgan fingerprint density at radius 3 is 2.63 bits per heavy atom. The molecule has 5 aromatic rings. The van der Waals surface area contributed by atoms with Gasteiger partial charge in [0.1, 0.15) is 18.1 Å². The second kappa shape index (κ2) is 17.5. The Balaban J connectivity index is 0.910. The Kier molecular flexibility index (Phi) is 12.1. The molecule has 12 nitrogen and oxygen atoms in total. The van der Waals surface area contributed by atoms with Gasteiger partial charge >= 0.3 is 6.03 Å². The van der Waals surface area contributed by atoms with Gasteiger partial charge in [0, 0.05) is 54.5 Å².